The maximum atomic E-state index is 13.3. The zero-order chi connectivity index (χ0) is 14.3. The molecule has 2 aromatic rings. The normalized spacial score (nSPS) is 17.1. The second kappa shape index (κ2) is 4.76. The average Bonchev–Trinajstić information content (AvgIpc) is 2.75. The number of aromatic nitrogens is 1. The molecular weight excluding hydrogens is 259 g/mol. The monoisotopic (exact) mass is 274 g/mol. The Hall–Kier alpha value is -2.14. The van der Waals surface area contributed by atoms with Crippen molar-refractivity contribution in [3.63, 3.8) is 0 Å². The molecule has 4 nitrogen and oxygen atoms in total. The Kier molecular flexibility index (Phi) is 3.06. The molecule has 0 saturated heterocycles. The van der Waals surface area contributed by atoms with Crippen LogP contribution in [0, 0.1) is 12.7 Å². The van der Waals surface area contributed by atoms with Gasteiger partial charge in [0, 0.05) is 29.6 Å². The van der Waals surface area contributed by atoms with E-state index in [1.807, 2.05) is 6.92 Å². The summed E-state index contributed by atoms with van der Waals surface area (Å²) in [5.41, 5.74) is 8.59. The van der Waals surface area contributed by atoms with Gasteiger partial charge in [0.25, 0.3) is 0 Å². The van der Waals surface area contributed by atoms with Gasteiger partial charge in [-0.1, -0.05) is 0 Å². The van der Waals surface area contributed by atoms with Crippen LogP contribution in [0.1, 0.15) is 29.2 Å². The Labute approximate surface area is 116 Å². The van der Waals surface area contributed by atoms with Crippen molar-refractivity contribution >= 4 is 5.69 Å². The van der Waals surface area contributed by atoms with E-state index in [-0.39, 0.29) is 0 Å². The lowest BCUT2D eigenvalue weighted by molar-refractivity contribution is 0.179. The predicted octanol–water partition coefficient (Wildman–Crippen LogP) is 2.88. The van der Waals surface area contributed by atoms with E-state index in [4.69, 9.17) is 10.5 Å². The van der Waals surface area contributed by atoms with E-state index in [0.29, 0.717) is 30.2 Å². The van der Waals surface area contributed by atoms with Crippen LogP contribution in [0.2, 0.25) is 0 Å². The van der Waals surface area contributed by atoms with Gasteiger partial charge in [0.2, 0.25) is 5.88 Å². The molecule has 5 heteroatoms. The molecule has 3 rings (SSSR count). The van der Waals surface area contributed by atoms with E-state index < -0.39 is 11.9 Å². The van der Waals surface area contributed by atoms with Gasteiger partial charge in [-0.3, -0.25) is 0 Å². The number of ether oxygens (including phenoxy) is 1. The number of nitrogens with zero attached hydrogens (tertiary/aromatic N) is 1. The largest absolute Gasteiger partial charge is 0.439 e. The Bertz CT molecular complexity index is 653. The zero-order valence-electron chi connectivity index (χ0n) is 11.1. The van der Waals surface area contributed by atoms with E-state index in [9.17, 15) is 9.50 Å². The molecule has 0 aliphatic heterocycles. The van der Waals surface area contributed by atoms with Crippen LogP contribution in [-0.2, 0) is 6.42 Å². The number of nitrogen functional groups attached to an aromatic ring is 1. The van der Waals surface area contributed by atoms with Crippen LogP contribution in [0.5, 0.6) is 11.6 Å². The number of aliphatic hydroxyl groups is 1. The number of hydrogen-bond donors (Lipinski definition) is 2. The lowest BCUT2D eigenvalue weighted by atomic mass is 10.1. The lowest BCUT2D eigenvalue weighted by Crippen LogP contribution is -1.99. The first-order valence-electron chi connectivity index (χ1n) is 6.45. The highest BCUT2D eigenvalue weighted by atomic mass is 19.1. The molecule has 1 aliphatic rings. The number of pyridine rings is 1. The summed E-state index contributed by atoms with van der Waals surface area (Å²) < 4.78 is 19.0. The minimum absolute atomic E-state index is 0.295. The average molecular weight is 274 g/mol. The Balaban J connectivity index is 2.00. The van der Waals surface area contributed by atoms with Crippen molar-refractivity contribution in [3.8, 4) is 11.6 Å². The molecule has 0 amide bonds. The molecule has 0 fully saturated rings. The molecule has 1 atom stereocenters. The van der Waals surface area contributed by atoms with Gasteiger partial charge in [0.1, 0.15) is 11.6 Å². The van der Waals surface area contributed by atoms with Crippen molar-refractivity contribution in [1.82, 2.24) is 4.98 Å². The molecule has 0 bridgehead atoms. The summed E-state index contributed by atoms with van der Waals surface area (Å²) in [6.45, 7) is 1.91. The molecule has 104 valence electrons. The highest BCUT2D eigenvalue weighted by Gasteiger charge is 2.26. The fourth-order valence-corrected chi connectivity index (χ4v) is 2.63. The van der Waals surface area contributed by atoms with E-state index in [1.165, 1.54) is 12.1 Å². The summed E-state index contributed by atoms with van der Waals surface area (Å²) in [5, 5.41) is 9.98. The number of rotatable bonds is 2. The molecule has 0 radical (unpaired) electrons. The molecule has 1 aliphatic carbocycles. The van der Waals surface area contributed by atoms with E-state index in [1.54, 1.807) is 12.3 Å². The van der Waals surface area contributed by atoms with Crippen LogP contribution in [0.4, 0.5) is 10.1 Å². The number of aliphatic hydroxyl groups excluding tert-OH is 1. The zero-order valence-corrected chi connectivity index (χ0v) is 11.1. The van der Waals surface area contributed by atoms with Gasteiger partial charge in [-0.15, -0.1) is 0 Å². The van der Waals surface area contributed by atoms with Crippen molar-refractivity contribution < 1.29 is 14.2 Å². The first-order valence-corrected chi connectivity index (χ1v) is 6.45. The van der Waals surface area contributed by atoms with Gasteiger partial charge >= 0.3 is 0 Å². The molecule has 1 heterocycles. The molecule has 1 aromatic carbocycles. The lowest BCUT2D eigenvalue weighted by Gasteiger charge is -2.12. The van der Waals surface area contributed by atoms with Crippen molar-refractivity contribution in [2.45, 2.75) is 25.9 Å². The quantitative estimate of drug-likeness (QED) is 0.826. The molecule has 20 heavy (non-hydrogen) atoms. The topological polar surface area (TPSA) is 68.4 Å². The molecule has 0 spiro atoms. The second-order valence-electron chi connectivity index (χ2n) is 5.02. The fourth-order valence-electron chi connectivity index (χ4n) is 2.63. The van der Waals surface area contributed by atoms with E-state index in [2.05, 4.69) is 4.98 Å². The highest BCUT2D eigenvalue weighted by Crippen LogP contribution is 2.39. The Morgan fingerprint density at radius 3 is 2.95 bits per heavy atom. The second-order valence-corrected chi connectivity index (χ2v) is 5.02. The summed E-state index contributed by atoms with van der Waals surface area (Å²) >= 11 is 0. The minimum Gasteiger partial charge on any atom is -0.439 e. The van der Waals surface area contributed by atoms with Gasteiger partial charge in [0.15, 0.2) is 0 Å². The van der Waals surface area contributed by atoms with Crippen molar-refractivity contribution in [3.05, 3.63) is 46.9 Å². The van der Waals surface area contributed by atoms with Crippen LogP contribution >= 0.6 is 0 Å². The standard InChI is InChI=1S/C15H15FN2O2/c1-8-7-18-15(12-2-3-13(19)14(8)12)20-11-5-9(16)4-10(17)6-11/h4-7,13,19H,2-3,17H2,1H3. The maximum Gasteiger partial charge on any atom is 0.222 e. The van der Waals surface area contributed by atoms with Gasteiger partial charge in [-0.05, 0) is 37.0 Å². The van der Waals surface area contributed by atoms with Gasteiger partial charge in [-0.25, -0.2) is 9.37 Å². The van der Waals surface area contributed by atoms with Gasteiger partial charge in [-0.2, -0.15) is 0 Å². The number of aryl methyl sites for hydroxylation is 1. The van der Waals surface area contributed by atoms with Crippen LogP contribution in [-0.4, -0.2) is 10.1 Å². The molecule has 0 saturated carbocycles. The van der Waals surface area contributed by atoms with E-state index in [0.717, 1.165) is 16.7 Å². The van der Waals surface area contributed by atoms with Gasteiger partial charge < -0.3 is 15.6 Å². The van der Waals surface area contributed by atoms with E-state index >= 15 is 0 Å². The molecule has 3 N–H and O–H groups in total. The Morgan fingerprint density at radius 2 is 2.20 bits per heavy atom. The van der Waals surface area contributed by atoms with Crippen molar-refractivity contribution in [2.24, 2.45) is 0 Å². The summed E-state index contributed by atoms with van der Waals surface area (Å²) in [4.78, 5) is 4.24. The summed E-state index contributed by atoms with van der Waals surface area (Å²) in [7, 11) is 0. The third-order valence-corrected chi connectivity index (χ3v) is 3.49. The number of nitrogens with two attached hydrogens (primary N) is 1. The number of hydrogen-bond acceptors (Lipinski definition) is 4. The smallest absolute Gasteiger partial charge is 0.222 e. The Morgan fingerprint density at radius 1 is 1.40 bits per heavy atom. The number of halogens is 1. The minimum atomic E-state index is -0.479. The summed E-state index contributed by atoms with van der Waals surface area (Å²) in [6, 6.07) is 4.03. The number of anilines is 1. The van der Waals surface area contributed by atoms with Crippen molar-refractivity contribution in [1.29, 1.82) is 0 Å². The van der Waals surface area contributed by atoms with Crippen LogP contribution in [0.3, 0.4) is 0 Å². The number of fused-ring (bicyclic) bond motifs is 1. The maximum absolute atomic E-state index is 13.3. The van der Waals surface area contributed by atoms with Crippen LogP contribution < -0.4 is 10.5 Å². The van der Waals surface area contributed by atoms with Gasteiger partial charge in [0.05, 0.1) is 6.10 Å². The number of benzene rings is 1. The molecule has 1 aromatic heterocycles. The van der Waals surface area contributed by atoms with Crippen molar-refractivity contribution in [2.75, 3.05) is 5.73 Å². The molecular formula is C15H15FN2O2. The first-order chi connectivity index (χ1) is 9.54. The predicted molar refractivity (Wildman–Crippen MR) is 73.1 cm³/mol. The first kappa shape index (κ1) is 12.9. The molecule has 1 unspecified atom stereocenters. The van der Waals surface area contributed by atoms with Crippen LogP contribution in [0.25, 0.3) is 0 Å². The SMILES string of the molecule is Cc1cnc(Oc2cc(N)cc(F)c2)c2c1C(O)CC2. The van der Waals surface area contributed by atoms with Crippen LogP contribution in [0.15, 0.2) is 24.4 Å². The summed E-state index contributed by atoms with van der Waals surface area (Å²) in [5.74, 6) is 0.262. The fraction of sp³-hybridized carbons (Fsp3) is 0.267. The third-order valence-electron chi connectivity index (χ3n) is 3.49. The summed E-state index contributed by atoms with van der Waals surface area (Å²) in [6.07, 6.45) is 2.54. The third kappa shape index (κ3) is 2.20. The highest BCUT2D eigenvalue weighted by molar-refractivity contribution is 5.48.